The fourth-order valence-electron chi connectivity index (χ4n) is 5.01. The van der Waals surface area contributed by atoms with Gasteiger partial charge in [-0.1, -0.05) is 78.8 Å². The Balaban J connectivity index is 0.00000159. The fraction of sp³-hybridized carbons (Fsp3) is 0.559. The van der Waals surface area contributed by atoms with Crippen LogP contribution >= 0.6 is 0 Å². The second-order valence-electron chi connectivity index (χ2n) is 11.2. The molecule has 0 aliphatic carbocycles. The van der Waals surface area contributed by atoms with Gasteiger partial charge in [-0.25, -0.2) is 27.6 Å². The third kappa shape index (κ3) is 11.1. The minimum Gasteiger partial charge on any atom is -0.400 e. The molecule has 45 heavy (non-hydrogen) atoms. The molecule has 1 aliphatic heterocycles. The van der Waals surface area contributed by atoms with Gasteiger partial charge < -0.3 is 20.6 Å². The van der Waals surface area contributed by atoms with Crippen molar-refractivity contribution in [3.63, 3.8) is 0 Å². The second-order valence-corrected chi connectivity index (χ2v) is 11.2. The molecule has 0 spiro atoms. The van der Waals surface area contributed by atoms with Crippen LogP contribution in [0.4, 0.5) is 18.0 Å². The Morgan fingerprint density at radius 2 is 1.62 bits per heavy atom. The number of carbonyl (C=O) groups excluding carboxylic acids is 1. The second kappa shape index (κ2) is 19.8. The topological polar surface area (TPSA) is 101 Å². The number of nitrogens with zero attached hydrogens (tertiary/aromatic N) is 5. The van der Waals surface area contributed by atoms with E-state index in [9.17, 15) is 18.0 Å². The van der Waals surface area contributed by atoms with Crippen molar-refractivity contribution in [1.29, 1.82) is 0 Å². The maximum Gasteiger partial charge on any atom is 0.320 e. The summed E-state index contributed by atoms with van der Waals surface area (Å²) in [5.41, 5.74) is 6.25. The highest BCUT2D eigenvalue weighted by Gasteiger charge is 2.41. The molecule has 0 unspecified atom stereocenters. The molecule has 3 N–H and O–H groups in total. The van der Waals surface area contributed by atoms with Gasteiger partial charge in [0.1, 0.15) is 18.3 Å². The van der Waals surface area contributed by atoms with E-state index in [1.807, 2.05) is 78.8 Å². The standard InChI is InChI=1S/C29H37F3N6O.2C2H6.CH4O/c1-29(2,3)25(37(16-13-22(33)18-30)28(39)36-14-7-8-15-36)27-34-26(23-17-21(31)11-12-24(23)32)35-38(27)19-20-9-5-4-6-10-20;3*1-2/h4-6,9-12,17,22,25H,7-8,13-16,18-19,33H2,1-3H3;2*1-2H3;2H,1H3/t22-,25+;;;/m1.../s1. The molecule has 1 fully saturated rings. The molecule has 1 aromatic heterocycles. The van der Waals surface area contributed by atoms with Crippen molar-refractivity contribution in [2.24, 2.45) is 11.1 Å². The van der Waals surface area contributed by atoms with Gasteiger partial charge in [0.25, 0.3) is 0 Å². The van der Waals surface area contributed by atoms with E-state index in [0.29, 0.717) is 25.5 Å². The van der Waals surface area contributed by atoms with Crippen molar-refractivity contribution >= 4 is 6.03 Å². The van der Waals surface area contributed by atoms with Crippen LogP contribution in [-0.2, 0) is 6.54 Å². The molecule has 252 valence electrons. The minimum atomic E-state index is -0.710. The Kier molecular flexibility index (Phi) is 17.5. The molecule has 2 aromatic carbocycles. The quantitative estimate of drug-likeness (QED) is 0.259. The van der Waals surface area contributed by atoms with E-state index in [4.69, 9.17) is 15.8 Å². The first-order valence-corrected chi connectivity index (χ1v) is 15.8. The number of likely N-dealkylation sites (tertiary alicyclic amines) is 1. The van der Waals surface area contributed by atoms with Crippen molar-refractivity contribution in [3.8, 4) is 11.4 Å². The predicted octanol–water partition coefficient (Wildman–Crippen LogP) is 7.22. The monoisotopic (exact) mass is 634 g/mol. The number of urea groups is 1. The summed E-state index contributed by atoms with van der Waals surface area (Å²) in [5, 5.41) is 11.6. The van der Waals surface area contributed by atoms with Crippen LogP contribution in [-0.4, -0.2) is 75.2 Å². The van der Waals surface area contributed by atoms with Crippen molar-refractivity contribution < 1.29 is 23.1 Å². The van der Waals surface area contributed by atoms with Crippen molar-refractivity contribution in [2.75, 3.05) is 33.4 Å². The molecule has 2 heterocycles. The first-order chi connectivity index (χ1) is 21.6. The van der Waals surface area contributed by atoms with E-state index in [1.54, 1.807) is 14.5 Å². The molecule has 1 saturated heterocycles. The Morgan fingerprint density at radius 1 is 1.02 bits per heavy atom. The van der Waals surface area contributed by atoms with Crippen LogP contribution in [0.2, 0.25) is 0 Å². The number of benzene rings is 2. The zero-order valence-corrected chi connectivity index (χ0v) is 28.2. The molecule has 0 radical (unpaired) electrons. The number of nitrogens with two attached hydrogens (primary N) is 1. The Bertz CT molecular complexity index is 1260. The molecule has 1 aliphatic rings. The number of rotatable bonds is 9. The highest BCUT2D eigenvalue weighted by molar-refractivity contribution is 5.75. The fourth-order valence-corrected chi connectivity index (χ4v) is 5.01. The number of halogens is 3. The van der Waals surface area contributed by atoms with Gasteiger partial charge in [0.2, 0.25) is 0 Å². The first kappa shape index (κ1) is 39.6. The van der Waals surface area contributed by atoms with Crippen LogP contribution in [0, 0.1) is 17.0 Å². The normalized spacial score (nSPS) is 13.8. The summed E-state index contributed by atoms with van der Waals surface area (Å²) in [6, 6.07) is 11.3. The highest BCUT2D eigenvalue weighted by Crippen LogP contribution is 2.39. The van der Waals surface area contributed by atoms with Crippen LogP contribution in [0.15, 0.2) is 48.5 Å². The molecular formula is C34H53F3N6O2. The molecule has 0 saturated carbocycles. The molecular weight excluding hydrogens is 581 g/mol. The highest BCUT2D eigenvalue weighted by atomic mass is 19.1. The third-order valence-corrected chi connectivity index (χ3v) is 6.98. The van der Waals surface area contributed by atoms with E-state index in [0.717, 1.165) is 43.7 Å². The van der Waals surface area contributed by atoms with E-state index < -0.39 is 35.8 Å². The SMILES string of the molecule is CC.CC.CC(C)(C)[C@H](c1nc(-c2cc(F)ccc2F)nn1Cc1ccccc1)N(CC[C@@H](N)CF)C(=O)N1CCCC1.CO. The Morgan fingerprint density at radius 3 is 2.18 bits per heavy atom. The lowest BCUT2D eigenvalue weighted by Crippen LogP contribution is -2.49. The van der Waals surface area contributed by atoms with E-state index >= 15 is 0 Å². The summed E-state index contributed by atoms with van der Waals surface area (Å²) < 4.78 is 43.9. The van der Waals surface area contributed by atoms with Gasteiger partial charge in [-0.15, -0.1) is 0 Å². The number of aliphatic hydroxyl groups excluding tert-OH is 1. The third-order valence-electron chi connectivity index (χ3n) is 6.98. The molecule has 0 bridgehead atoms. The maximum atomic E-state index is 14.8. The van der Waals surface area contributed by atoms with Crippen molar-refractivity contribution in [1.82, 2.24) is 24.6 Å². The predicted molar refractivity (Wildman–Crippen MR) is 175 cm³/mol. The first-order valence-electron chi connectivity index (χ1n) is 15.8. The molecule has 3 aromatic rings. The summed E-state index contributed by atoms with van der Waals surface area (Å²) in [4.78, 5) is 22.2. The van der Waals surface area contributed by atoms with Gasteiger partial charge in [-0.3, -0.25) is 0 Å². The Hall–Kier alpha value is -3.44. The summed E-state index contributed by atoms with van der Waals surface area (Å²) in [6.07, 6.45) is 2.09. The van der Waals surface area contributed by atoms with Crippen LogP contribution in [0.5, 0.6) is 0 Å². The van der Waals surface area contributed by atoms with Gasteiger partial charge in [0, 0.05) is 32.8 Å². The van der Waals surface area contributed by atoms with Crippen LogP contribution in [0.1, 0.15) is 85.2 Å². The maximum absolute atomic E-state index is 14.8. The van der Waals surface area contributed by atoms with Crippen molar-refractivity contribution in [3.05, 3.63) is 71.6 Å². The molecule has 2 atom stereocenters. The Labute approximate surface area is 267 Å². The lowest BCUT2D eigenvalue weighted by molar-refractivity contribution is 0.0849. The van der Waals surface area contributed by atoms with Crippen LogP contribution < -0.4 is 5.73 Å². The zero-order valence-electron chi connectivity index (χ0n) is 28.2. The molecule has 2 amide bonds. The smallest absolute Gasteiger partial charge is 0.320 e. The number of aliphatic hydroxyl groups is 1. The number of carbonyl (C=O) groups is 1. The van der Waals surface area contributed by atoms with E-state index in [-0.39, 0.29) is 30.4 Å². The minimum absolute atomic E-state index is 0.0289. The summed E-state index contributed by atoms with van der Waals surface area (Å²) in [7, 11) is 1.00. The van der Waals surface area contributed by atoms with Gasteiger partial charge in [0.05, 0.1) is 18.2 Å². The van der Waals surface area contributed by atoms with E-state index in [2.05, 4.69) is 5.10 Å². The van der Waals surface area contributed by atoms with Gasteiger partial charge in [-0.2, -0.15) is 5.10 Å². The van der Waals surface area contributed by atoms with Crippen LogP contribution in [0.25, 0.3) is 11.4 Å². The van der Waals surface area contributed by atoms with Crippen molar-refractivity contribution in [2.45, 2.75) is 86.4 Å². The van der Waals surface area contributed by atoms with Crippen LogP contribution in [0.3, 0.4) is 0 Å². The number of hydrogen-bond donors (Lipinski definition) is 2. The zero-order chi connectivity index (χ0) is 34.2. The average molecular weight is 635 g/mol. The number of hydrogen-bond acceptors (Lipinski definition) is 5. The summed E-state index contributed by atoms with van der Waals surface area (Å²) in [5.74, 6) is -0.788. The van der Waals surface area contributed by atoms with Gasteiger partial charge in [-0.05, 0) is 48.4 Å². The van der Waals surface area contributed by atoms with Gasteiger partial charge in [0.15, 0.2) is 11.6 Å². The lowest BCUT2D eigenvalue weighted by atomic mass is 9.84. The summed E-state index contributed by atoms with van der Waals surface area (Å²) >= 11 is 0. The lowest BCUT2D eigenvalue weighted by Gasteiger charge is -2.41. The summed E-state index contributed by atoms with van der Waals surface area (Å²) in [6.45, 7) is 15.1. The number of aromatic nitrogens is 3. The number of amides is 2. The largest absolute Gasteiger partial charge is 0.400 e. The molecule has 8 nitrogen and oxygen atoms in total. The molecule has 11 heteroatoms. The van der Waals surface area contributed by atoms with E-state index in [1.165, 1.54) is 0 Å². The average Bonchev–Trinajstić information content (AvgIpc) is 3.74. The number of alkyl halides is 1. The molecule has 4 rings (SSSR count). The van der Waals surface area contributed by atoms with Gasteiger partial charge >= 0.3 is 6.03 Å².